The molecule has 0 spiro atoms. The van der Waals surface area contributed by atoms with Gasteiger partial charge in [0.2, 0.25) is 11.8 Å². The fourth-order valence-electron chi connectivity index (χ4n) is 2.98. The molecule has 11 heteroatoms. The molecule has 1 aliphatic rings. The number of halogens is 1. The molecule has 0 unspecified atom stereocenters. The molecule has 2 aromatic carbocycles. The first-order valence-electron chi connectivity index (χ1n) is 9.66. The van der Waals surface area contributed by atoms with E-state index in [4.69, 9.17) is 21.1 Å². The Morgan fingerprint density at radius 3 is 2.69 bits per heavy atom. The highest BCUT2D eigenvalue weighted by Crippen LogP contribution is 2.37. The van der Waals surface area contributed by atoms with Gasteiger partial charge in [0.15, 0.2) is 9.84 Å². The first-order valence-corrected chi connectivity index (χ1v) is 12.7. The molecule has 172 valence electrons. The number of rotatable bonds is 7. The molecule has 0 aliphatic carbocycles. The number of hydrogen-bond acceptors (Lipinski definition) is 7. The van der Waals surface area contributed by atoms with Crippen LogP contribution >= 0.6 is 23.4 Å². The Bertz CT molecular complexity index is 1150. The van der Waals surface area contributed by atoms with Crippen LogP contribution in [0.1, 0.15) is 13.3 Å². The number of hydrogen-bond donors (Lipinski definition) is 2. The van der Waals surface area contributed by atoms with E-state index in [9.17, 15) is 18.0 Å². The maximum atomic E-state index is 12.8. The van der Waals surface area contributed by atoms with Gasteiger partial charge in [-0.1, -0.05) is 18.5 Å². The summed E-state index contributed by atoms with van der Waals surface area (Å²) < 4.78 is 36.0. The van der Waals surface area contributed by atoms with E-state index in [1.54, 1.807) is 12.1 Å². The fourth-order valence-corrected chi connectivity index (χ4v) is 5.50. The minimum atomic E-state index is -3.77. The second kappa shape index (κ2) is 10.0. The van der Waals surface area contributed by atoms with Gasteiger partial charge >= 0.3 is 0 Å². The van der Waals surface area contributed by atoms with Crippen molar-refractivity contribution < 1.29 is 27.5 Å². The van der Waals surface area contributed by atoms with Gasteiger partial charge in [-0.25, -0.2) is 8.42 Å². The lowest BCUT2D eigenvalue weighted by molar-refractivity contribution is -0.118. The van der Waals surface area contributed by atoms with Gasteiger partial charge in [-0.15, -0.1) is 11.8 Å². The predicted molar refractivity (Wildman–Crippen MR) is 125 cm³/mol. The Balaban J connectivity index is 1.72. The number of methoxy groups -OCH3 is 2. The molecule has 0 fully saturated rings. The second-order valence-corrected chi connectivity index (χ2v) is 10.7. The largest absolute Gasteiger partial charge is 0.497 e. The molecular formula is C21H23ClN2O6S2. The molecule has 2 N–H and O–H groups in total. The molecule has 2 amide bonds. The van der Waals surface area contributed by atoms with Crippen molar-refractivity contribution in [3.63, 3.8) is 0 Å². The summed E-state index contributed by atoms with van der Waals surface area (Å²) in [6, 6.07) is 7.67. The highest BCUT2D eigenvalue weighted by molar-refractivity contribution is 7.99. The van der Waals surface area contributed by atoms with Crippen LogP contribution in [0.5, 0.6) is 11.5 Å². The summed E-state index contributed by atoms with van der Waals surface area (Å²) in [5.41, 5.74) is 0.695. The smallest absolute Gasteiger partial charge is 0.228 e. The topological polar surface area (TPSA) is 111 Å². The van der Waals surface area contributed by atoms with Crippen molar-refractivity contribution in [2.24, 2.45) is 5.92 Å². The third-order valence-electron chi connectivity index (χ3n) is 4.85. The normalized spacial score (nSPS) is 15.9. The monoisotopic (exact) mass is 498 g/mol. The number of fused-ring (bicyclic) bond motifs is 1. The lowest BCUT2D eigenvalue weighted by Gasteiger charge is -2.14. The maximum Gasteiger partial charge on any atom is 0.228 e. The Morgan fingerprint density at radius 2 is 2.00 bits per heavy atom. The second-order valence-electron chi connectivity index (χ2n) is 7.16. The number of amides is 2. The van der Waals surface area contributed by atoms with Crippen molar-refractivity contribution in [3.05, 3.63) is 35.4 Å². The molecule has 8 nitrogen and oxygen atoms in total. The van der Waals surface area contributed by atoms with E-state index in [-0.39, 0.29) is 33.9 Å². The molecule has 1 aliphatic heterocycles. The lowest BCUT2D eigenvalue weighted by atomic mass is 10.2. The summed E-state index contributed by atoms with van der Waals surface area (Å²) in [6.07, 6.45) is -0.289. The van der Waals surface area contributed by atoms with E-state index in [1.165, 1.54) is 44.2 Å². The van der Waals surface area contributed by atoms with Gasteiger partial charge in [-0.2, -0.15) is 0 Å². The van der Waals surface area contributed by atoms with Crippen LogP contribution in [-0.2, 0) is 19.4 Å². The van der Waals surface area contributed by atoms with Crippen molar-refractivity contribution in [1.29, 1.82) is 0 Å². The number of carbonyl (C=O) groups is 2. The third kappa shape index (κ3) is 5.48. The Hall–Kier alpha value is -2.43. The number of benzene rings is 2. The Kier molecular flexibility index (Phi) is 7.58. The number of thioether (sulfide) groups is 1. The highest BCUT2D eigenvalue weighted by Gasteiger charge is 2.24. The molecule has 3 rings (SSSR count). The molecular weight excluding hydrogens is 476 g/mol. The average Bonchev–Trinajstić information content (AvgIpc) is 2.91. The molecule has 0 aromatic heterocycles. The first-order chi connectivity index (χ1) is 15.1. The van der Waals surface area contributed by atoms with Crippen molar-refractivity contribution in [1.82, 2.24) is 0 Å². The summed E-state index contributed by atoms with van der Waals surface area (Å²) in [7, 11) is -0.875. The van der Waals surface area contributed by atoms with E-state index in [0.717, 1.165) is 4.90 Å². The number of anilines is 2. The van der Waals surface area contributed by atoms with E-state index >= 15 is 0 Å². The molecule has 0 saturated carbocycles. The van der Waals surface area contributed by atoms with Crippen LogP contribution in [0.4, 0.5) is 11.4 Å². The summed E-state index contributed by atoms with van der Waals surface area (Å²) >= 11 is 7.69. The van der Waals surface area contributed by atoms with Crippen LogP contribution in [0.3, 0.4) is 0 Å². The molecule has 32 heavy (non-hydrogen) atoms. The van der Waals surface area contributed by atoms with Crippen molar-refractivity contribution in [2.75, 3.05) is 36.4 Å². The van der Waals surface area contributed by atoms with E-state index in [0.29, 0.717) is 22.9 Å². The zero-order valence-corrected chi connectivity index (χ0v) is 20.1. The standard InChI is InChI=1S/C21H23ClN2O6S2/c1-12-11-31-18-5-4-14(10-16(18)23-21(12)26)32(27,28)7-6-19(25)24-20-15(22)8-13(29-2)9-17(20)30-3/h4-5,8-10,12H,6-7,11H2,1-3H3,(H,23,26)(H,24,25)/t12-/m1/s1. The van der Waals surface area contributed by atoms with Crippen LogP contribution in [0.25, 0.3) is 0 Å². The van der Waals surface area contributed by atoms with Crippen LogP contribution < -0.4 is 20.1 Å². The minimum absolute atomic E-state index is 0.0413. The highest BCUT2D eigenvalue weighted by atomic mass is 35.5. The van der Waals surface area contributed by atoms with Gasteiger partial charge in [0.05, 0.1) is 35.6 Å². The van der Waals surface area contributed by atoms with Gasteiger partial charge in [-0.3, -0.25) is 9.59 Å². The van der Waals surface area contributed by atoms with E-state index in [1.807, 2.05) is 6.92 Å². The SMILES string of the molecule is COc1cc(Cl)c(NC(=O)CCS(=O)(=O)c2ccc3c(c2)NC(=O)[C@H](C)CS3)c(OC)c1. The number of nitrogens with one attached hydrogen (secondary N) is 2. The summed E-state index contributed by atoms with van der Waals surface area (Å²) in [6.45, 7) is 1.81. The van der Waals surface area contributed by atoms with Crippen molar-refractivity contribution >= 4 is 56.4 Å². The van der Waals surface area contributed by atoms with Crippen LogP contribution in [0.2, 0.25) is 5.02 Å². The third-order valence-corrected chi connectivity index (χ3v) is 8.20. The molecule has 0 radical (unpaired) electrons. The first kappa shape index (κ1) is 24.2. The molecule has 0 bridgehead atoms. The van der Waals surface area contributed by atoms with Gasteiger partial charge in [0.1, 0.15) is 17.2 Å². The van der Waals surface area contributed by atoms with Crippen LogP contribution in [-0.4, -0.2) is 46.0 Å². The van der Waals surface area contributed by atoms with Gasteiger partial charge in [0.25, 0.3) is 0 Å². The van der Waals surface area contributed by atoms with Gasteiger partial charge in [-0.05, 0) is 18.2 Å². The van der Waals surface area contributed by atoms with Gasteiger partial charge < -0.3 is 20.1 Å². The molecule has 2 aromatic rings. The van der Waals surface area contributed by atoms with Gasteiger partial charge in [0, 0.05) is 35.1 Å². The summed E-state index contributed by atoms with van der Waals surface area (Å²) in [5.74, 6) is 0.0714. The Labute approximate surface area is 195 Å². The summed E-state index contributed by atoms with van der Waals surface area (Å²) in [5, 5.41) is 5.57. The number of sulfone groups is 1. The van der Waals surface area contributed by atoms with Crippen molar-refractivity contribution in [2.45, 2.75) is 23.1 Å². The maximum absolute atomic E-state index is 12.8. The minimum Gasteiger partial charge on any atom is -0.497 e. The molecule has 1 heterocycles. The zero-order chi connectivity index (χ0) is 23.5. The van der Waals surface area contributed by atoms with Crippen LogP contribution in [0.15, 0.2) is 40.1 Å². The van der Waals surface area contributed by atoms with E-state index < -0.39 is 21.5 Å². The summed E-state index contributed by atoms with van der Waals surface area (Å²) in [4.78, 5) is 25.4. The Morgan fingerprint density at radius 1 is 1.25 bits per heavy atom. The molecule has 1 atom stereocenters. The molecule has 0 saturated heterocycles. The quantitative estimate of drug-likeness (QED) is 0.596. The average molecular weight is 499 g/mol. The lowest BCUT2D eigenvalue weighted by Crippen LogP contribution is -2.20. The fraction of sp³-hybridized carbons (Fsp3) is 0.333. The van der Waals surface area contributed by atoms with E-state index in [2.05, 4.69) is 10.6 Å². The zero-order valence-electron chi connectivity index (χ0n) is 17.7. The predicted octanol–water partition coefficient (Wildman–Crippen LogP) is 3.84. The number of ether oxygens (including phenoxy) is 2. The van der Waals surface area contributed by atoms with Crippen LogP contribution in [0, 0.1) is 5.92 Å². The van der Waals surface area contributed by atoms with Crippen molar-refractivity contribution in [3.8, 4) is 11.5 Å². The number of carbonyl (C=O) groups excluding carboxylic acids is 2.